The van der Waals surface area contributed by atoms with Crippen LogP contribution in [0.1, 0.15) is 22.5 Å². The number of ether oxygens (including phenoxy) is 1. The van der Waals surface area contributed by atoms with Gasteiger partial charge in [-0.15, -0.1) is 0 Å². The molecule has 0 bridgehead atoms. The molecule has 3 rings (SSSR count). The first-order chi connectivity index (χ1) is 13.0. The van der Waals surface area contributed by atoms with Gasteiger partial charge in [-0.3, -0.25) is 0 Å². The Labute approximate surface area is 165 Å². The number of halogens is 1. The Balaban J connectivity index is 2.13. The van der Waals surface area contributed by atoms with Crippen LogP contribution in [-0.4, -0.2) is 23.6 Å². The van der Waals surface area contributed by atoms with Gasteiger partial charge in [0.2, 0.25) is 0 Å². The Morgan fingerprint density at radius 1 is 1.07 bits per heavy atom. The maximum atomic E-state index is 11.9. The average Bonchev–Trinajstić information content (AvgIpc) is 3.10. The molecular weight excluding hydrogens is 410 g/mol. The lowest BCUT2D eigenvalue weighted by molar-refractivity contribution is -0.305. The van der Waals surface area contributed by atoms with Crippen molar-refractivity contribution >= 4 is 27.9 Å². The molecule has 1 aromatic heterocycles. The van der Waals surface area contributed by atoms with Gasteiger partial charge in [0.25, 0.3) is 0 Å². The fourth-order valence-electron chi connectivity index (χ4n) is 2.94. The van der Waals surface area contributed by atoms with E-state index in [1.54, 1.807) is 18.2 Å². The van der Waals surface area contributed by atoms with Gasteiger partial charge < -0.3 is 19.2 Å². The van der Waals surface area contributed by atoms with E-state index in [2.05, 4.69) is 15.9 Å². The number of aromatic nitrogens is 1. The first kappa shape index (κ1) is 18.9. The fourth-order valence-corrected chi connectivity index (χ4v) is 3.21. The lowest BCUT2D eigenvalue weighted by atomic mass is 10.1. The molecule has 0 saturated carbocycles. The molecule has 27 heavy (non-hydrogen) atoms. The van der Waals surface area contributed by atoms with E-state index in [0.29, 0.717) is 12.0 Å². The number of nitrogens with zero attached hydrogens (tertiary/aromatic N) is 1. The molecule has 0 spiro atoms. The topological polar surface area (TPSA) is 71.4 Å². The Morgan fingerprint density at radius 3 is 2.48 bits per heavy atom. The van der Waals surface area contributed by atoms with E-state index in [1.807, 2.05) is 47.0 Å². The number of carboxylic acid groups (broad SMARTS) is 1. The molecule has 5 nitrogen and oxygen atoms in total. The minimum absolute atomic E-state index is 0.0829. The van der Waals surface area contributed by atoms with Gasteiger partial charge in [0.05, 0.1) is 18.4 Å². The molecule has 0 N–H and O–H groups in total. The number of benzene rings is 2. The van der Waals surface area contributed by atoms with E-state index in [-0.39, 0.29) is 6.42 Å². The van der Waals surface area contributed by atoms with Gasteiger partial charge in [-0.1, -0.05) is 34.1 Å². The normalized spacial score (nSPS) is 10.6. The Morgan fingerprint density at radius 2 is 1.81 bits per heavy atom. The summed E-state index contributed by atoms with van der Waals surface area (Å²) >= 11 is 3.43. The van der Waals surface area contributed by atoms with Crippen LogP contribution >= 0.6 is 15.9 Å². The zero-order chi connectivity index (χ0) is 19.4. The van der Waals surface area contributed by atoms with Crippen molar-refractivity contribution in [1.29, 1.82) is 0 Å². The molecule has 138 valence electrons. The Hall–Kier alpha value is -2.86. The first-order valence-corrected chi connectivity index (χ1v) is 9.14. The van der Waals surface area contributed by atoms with Gasteiger partial charge in [-0.25, -0.2) is 4.79 Å². The van der Waals surface area contributed by atoms with Crippen molar-refractivity contribution in [3.8, 4) is 16.9 Å². The maximum absolute atomic E-state index is 11.9. The van der Waals surface area contributed by atoms with Gasteiger partial charge in [-0.2, -0.15) is 0 Å². The van der Waals surface area contributed by atoms with E-state index in [0.717, 1.165) is 27.1 Å². The fraction of sp³-hybridized carbons (Fsp3) is 0.143. The molecule has 6 heteroatoms. The van der Waals surface area contributed by atoms with Crippen LogP contribution in [0.5, 0.6) is 0 Å². The van der Waals surface area contributed by atoms with Crippen LogP contribution in [0.2, 0.25) is 0 Å². The molecule has 0 fully saturated rings. The third kappa shape index (κ3) is 4.28. The highest BCUT2D eigenvalue weighted by Gasteiger charge is 2.14. The summed E-state index contributed by atoms with van der Waals surface area (Å²) in [5.74, 6) is -1.53. The molecule has 0 aliphatic heterocycles. The Bertz CT molecular complexity index is 976. The van der Waals surface area contributed by atoms with Crippen LogP contribution in [0.25, 0.3) is 16.9 Å². The Kier molecular flexibility index (Phi) is 5.76. The molecule has 0 atom stereocenters. The van der Waals surface area contributed by atoms with Crippen molar-refractivity contribution in [1.82, 2.24) is 4.57 Å². The second-order valence-corrected chi connectivity index (χ2v) is 6.88. The van der Waals surface area contributed by atoms with Crippen molar-refractivity contribution in [2.45, 2.75) is 12.8 Å². The summed E-state index contributed by atoms with van der Waals surface area (Å²) < 4.78 is 7.73. The largest absolute Gasteiger partial charge is 0.550 e. The van der Waals surface area contributed by atoms with Crippen LogP contribution in [-0.2, 0) is 16.0 Å². The quantitative estimate of drug-likeness (QED) is 0.566. The minimum Gasteiger partial charge on any atom is -0.550 e. The summed E-state index contributed by atoms with van der Waals surface area (Å²) in [7, 11) is 1.34. The number of hydrogen-bond acceptors (Lipinski definition) is 4. The number of carbonyl (C=O) groups excluding carboxylic acids is 2. The average molecular weight is 427 g/mol. The van der Waals surface area contributed by atoms with Crippen LogP contribution in [0.15, 0.2) is 65.1 Å². The van der Waals surface area contributed by atoms with Gasteiger partial charge >= 0.3 is 5.97 Å². The zero-order valence-electron chi connectivity index (χ0n) is 14.6. The number of carbonyl (C=O) groups is 2. The predicted molar refractivity (Wildman–Crippen MR) is 104 cm³/mol. The highest BCUT2D eigenvalue weighted by Crippen LogP contribution is 2.29. The first-order valence-electron chi connectivity index (χ1n) is 8.35. The van der Waals surface area contributed by atoms with E-state index in [4.69, 9.17) is 4.74 Å². The molecular formula is C21H17BrNO4-. The van der Waals surface area contributed by atoms with Crippen LogP contribution in [0, 0.1) is 0 Å². The lowest BCUT2D eigenvalue weighted by Crippen LogP contribution is -2.22. The summed E-state index contributed by atoms with van der Waals surface area (Å²) in [5, 5.41) is 10.9. The minimum atomic E-state index is -1.10. The number of aryl methyl sites for hydroxylation is 1. The van der Waals surface area contributed by atoms with Crippen molar-refractivity contribution in [2.24, 2.45) is 0 Å². The monoisotopic (exact) mass is 426 g/mol. The highest BCUT2D eigenvalue weighted by atomic mass is 79.9. The van der Waals surface area contributed by atoms with Crippen LogP contribution < -0.4 is 5.11 Å². The maximum Gasteiger partial charge on any atom is 0.337 e. The summed E-state index contributed by atoms with van der Waals surface area (Å²) in [4.78, 5) is 22.8. The number of carboxylic acids is 1. The van der Waals surface area contributed by atoms with Crippen LogP contribution in [0.3, 0.4) is 0 Å². The van der Waals surface area contributed by atoms with Crippen molar-refractivity contribution in [3.05, 3.63) is 76.4 Å². The van der Waals surface area contributed by atoms with E-state index < -0.39 is 11.9 Å². The van der Waals surface area contributed by atoms with Gasteiger partial charge in [-0.05, 0) is 60.9 Å². The summed E-state index contributed by atoms with van der Waals surface area (Å²) in [6.45, 7) is 0. The van der Waals surface area contributed by atoms with Gasteiger partial charge in [0, 0.05) is 21.8 Å². The van der Waals surface area contributed by atoms with E-state index in [1.165, 1.54) is 7.11 Å². The predicted octanol–water partition coefficient (Wildman–Crippen LogP) is 3.38. The number of rotatable bonds is 6. The van der Waals surface area contributed by atoms with E-state index >= 15 is 0 Å². The third-order valence-electron chi connectivity index (χ3n) is 4.21. The smallest absolute Gasteiger partial charge is 0.337 e. The summed E-state index contributed by atoms with van der Waals surface area (Å²) in [6.07, 6.45) is 0.238. The van der Waals surface area contributed by atoms with Crippen molar-refractivity contribution < 1.29 is 19.4 Å². The van der Waals surface area contributed by atoms with Crippen molar-refractivity contribution in [2.75, 3.05) is 7.11 Å². The van der Waals surface area contributed by atoms with Crippen molar-refractivity contribution in [3.63, 3.8) is 0 Å². The molecule has 0 amide bonds. The van der Waals surface area contributed by atoms with Crippen LogP contribution in [0.4, 0.5) is 0 Å². The standard InChI is InChI=1S/C21H18BrNO4/c1-27-21(26)15-3-2-4-18(13-15)23-17(10-12-20(24)25)9-11-19(23)14-5-7-16(22)8-6-14/h2-9,11,13H,10,12H2,1H3,(H,24,25)/p-1. The van der Waals surface area contributed by atoms with Gasteiger partial charge in [0.1, 0.15) is 0 Å². The molecule has 0 radical (unpaired) electrons. The van der Waals surface area contributed by atoms with E-state index in [9.17, 15) is 14.7 Å². The molecule has 3 aromatic rings. The molecule has 1 heterocycles. The zero-order valence-corrected chi connectivity index (χ0v) is 16.2. The number of methoxy groups -OCH3 is 1. The number of aliphatic carboxylic acids is 1. The number of hydrogen-bond donors (Lipinski definition) is 0. The second-order valence-electron chi connectivity index (χ2n) is 5.97. The summed E-state index contributed by atoms with van der Waals surface area (Å²) in [6, 6.07) is 18.7. The number of esters is 1. The molecule has 0 unspecified atom stereocenters. The van der Waals surface area contributed by atoms with Gasteiger partial charge in [0.15, 0.2) is 0 Å². The summed E-state index contributed by atoms with van der Waals surface area (Å²) in [5.41, 5.74) is 3.88. The lowest BCUT2D eigenvalue weighted by Gasteiger charge is -2.15. The SMILES string of the molecule is COC(=O)c1cccc(-n2c(CCC(=O)[O-])ccc2-c2ccc(Br)cc2)c1. The molecule has 0 aliphatic rings. The molecule has 2 aromatic carbocycles. The third-order valence-corrected chi connectivity index (χ3v) is 4.74. The molecule has 0 aliphatic carbocycles. The molecule has 0 saturated heterocycles. The highest BCUT2D eigenvalue weighted by molar-refractivity contribution is 9.10. The second kappa shape index (κ2) is 8.22.